The van der Waals surface area contributed by atoms with Crippen LogP contribution in [0.3, 0.4) is 0 Å². The van der Waals surface area contributed by atoms with E-state index < -0.39 is 0 Å². The molecule has 142 valence electrons. The van der Waals surface area contributed by atoms with Crippen molar-refractivity contribution in [3.05, 3.63) is 54.8 Å². The van der Waals surface area contributed by atoms with Crippen LogP contribution in [-0.2, 0) is 0 Å². The molecule has 28 heavy (non-hydrogen) atoms. The number of hydrogen-bond donors (Lipinski definition) is 0. The second kappa shape index (κ2) is 7.20. The molecule has 0 atom stereocenters. The molecule has 5 aromatic rings. The summed E-state index contributed by atoms with van der Waals surface area (Å²) >= 11 is 19.8. The average Bonchev–Trinajstić information content (AvgIpc) is 3.44. The maximum Gasteiger partial charge on any atom is 0.181 e. The first kappa shape index (κ1) is 18.7. The minimum Gasteiger partial charge on any atom is -0.444 e. The number of fused-ring (bicyclic) bond motifs is 2. The normalized spacial score (nSPS) is 11.6. The van der Waals surface area contributed by atoms with E-state index in [-0.39, 0.29) is 0 Å². The third kappa shape index (κ3) is 2.95. The molecule has 1 aromatic carbocycles. The Morgan fingerprint density at radius 3 is 1.50 bits per heavy atom. The first-order valence-corrected chi connectivity index (χ1v) is 12.4. The van der Waals surface area contributed by atoms with Gasteiger partial charge in [-0.1, -0.05) is 23.2 Å². The number of rotatable bonds is 4. The van der Waals surface area contributed by atoms with Gasteiger partial charge in [0.05, 0.1) is 30.2 Å². The predicted molar refractivity (Wildman–Crippen MR) is 125 cm³/mol. The fourth-order valence-corrected chi connectivity index (χ4v) is 6.97. The average molecular weight is 483 g/mol. The van der Waals surface area contributed by atoms with Crippen LogP contribution < -0.4 is 9.47 Å². The summed E-state index contributed by atoms with van der Waals surface area (Å²) in [5.41, 5.74) is 0. The summed E-state index contributed by atoms with van der Waals surface area (Å²) in [5, 5.41) is 8.78. The molecule has 0 amide bonds. The molecule has 0 saturated carbocycles. The van der Waals surface area contributed by atoms with Gasteiger partial charge in [-0.25, -0.2) is 0 Å². The first-order valence-electron chi connectivity index (χ1n) is 8.30. The highest BCUT2D eigenvalue weighted by Crippen LogP contribution is 2.56. The molecular formula is C20H12Cl2O2S4. The monoisotopic (exact) mass is 482 g/mol. The Kier molecular flexibility index (Phi) is 4.82. The van der Waals surface area contributed by atoms with Crippen LogP contribution in [-0.4, -0.2) is 0 Å². The van der Waals surface area contributed by atoms with E-state index in [4.69, 9.17) is 32.7 Å². The molecule has 4 aromatic heterocycles. The smallest absolute Gasteiger partial charge is 0.181 e. The van der Waals surface area contributed by atoms with Gasteiger partial charge in [0, 0.05) is 9.75 Å². The maximum atomic E-state index is 6.74. The zero-order valence-electron chi connectivity index (χ0n) is 14.7. The van der Waals surface area contributed by atoms with E-state index in [2.05, 4.69) is 0 Å². The van der Waals surface area contributed by atoms with Crippen LogP contribution in [0, 0.1) is 13.8 Å². The van der Waals surface area contributed by atoms with Gasteiger partial charge in [-0.05, 0) is 48.9 Å². The fraction of sp³-hybridized carbons (Fsp3) is 0.100. The van der Waals surface area contributed by atoms with Gasteiger partial charge in [0.2, 0.25) is 0 Å². The Hall–Kier alpha value is -1.28. The summed E-state index contributed by atoms with van der Waals surface area (Å²) in [5.74, 6) is 1.50. The minimum atomic E-state index is 0.701. The lowest BCUT2D eigenvalue weighted by Gasteiger charge is -2.12. The van der Waals surface area contributed by atoms with E-state index >= 15 is 0 Å². The van der Waals surface area contributed by atoms with Crippen LogP contribution in [0.25, 0.3) is 20.2 Å². The number of halogens is 2. The lowest BCUT2D eigenvalue weighted by Crippen LogP contribution is -1.88. The lowest BCUT2D eigenvalue weighted by atomic mass is 10.1. The highest BCUT2D eigenvalue weighted by molar-refractivity contribution is 7.22. The summed E-state index contributed by atoms with van der Waals surface area (Å²) in [6.07, 6.45) is 0. The SMILES string of the molecule is Cc1sc2c(Oc3cccs3)c3c(Cl)c(C)sc3c(Oc3cccs3)c2c1Cl. The lowest BCUT2D eigenvalue weighted by molar-refractivity contribution is 0.501. The van der Waals surface area contributed by atoms with Crippen LogP contribution in [0.4, 0.5) is 0 Å². The largest absolute Gasteiger partial charge is 0.444 e. The number of aryl methyl sites for hydroxylation is 2. The molecule has 4 heterocycles. The topological polar surface area (TPSA) is 18.5 Å². The molecular weight excluding hydrogens is 471 g/mol. The molecule has 2 nitrogen and oxygen atoms in total. The van der Waals surface area contributed by atoms with Gasteiger partial charge in [0.25, 0.3) is 0 Å². The number of benzene rings is 1. The highest BCUT2D eigenvalue weighted by Gasteiger charge is 2.27. The summed E-state index contributed by atoms with van der Waals surface area (Å²) < 4.78 is 14.6. The van der Waals surface area contributed by atoms with Crippen molar-refractivity contribution in [3.63, 3.8) is 0 Å². The van der Waals surface area contributed by atoms with E-state index in [9.17, 15) is 0 Å². The summed E-state index contributed by atoms with van der Waals surface area (Å²) in [7, 11) is 0. The Balaban J connectivity index is 1.89. The molecule has 0 radical (unpaired) electrons. The molecule has 5 rings (SSSR count). The Labute approximate surface area is 187 Å². The van der Waals surface area contributed by atoms with E-state index in [1.54, 1.807) is 45.3 Å². The van der Waals surface area contributed by atoms with E-state index in [1.807, 2.05) is 48.9 Å². The van der Waals surface area contributed by atoms with Crippen molar-refractivity contribution in [2.75, 3.05) is 0 Å². The molecule has 0 spiro atoms. The number of thiophene rings is 4. The molecule has 0 aliphatic heterocycles. The quantitative estimate of drug-likeness (QED) is 0.253. The van der Waals surface area contributed by atoms with Gasteiger partial charge >= 0.3 is 0 Å². The van der Waals surface area contributed by atoms with Crippen molar-refractivity contribution in [1.82, 2.24) is 0 Å². The van der Waals surface area contributed by atoms with Crippen LogP contribution in [0.2, 0.25) is 10.0 Å². The Morgan fingerprint density at radius 1 is 0.714 bits per heavy atom. The fourth-order valence-electron chi connectivity index (χ4n) is 3.04. The Bertz CT molecular complexity index is 1200. The van der Waals surface area contributed by atoms with Gasteiger partial charge in [-0.15, -0.1) is 45.3 Å². The van der Waals surface area contributed by atoms with Gasteiger partial charge in [-0.3, -0.25) is 0 Å². The van der Waals surface area contributed by atoms with Crippen molar-refractivity contribution in [3.8, 4) is 21.6 Å². The zero-order chi connectivity index (χ0) is 19.4. The maximum absolute atomic E-state index is 6.74. The third-order valence-electron chi connectivity index (χ3n) is 4.28. The summed E-state index contributed by atoms with van der Waals surface area (Å²) in [6.45, 7) is 4.02. The molecule has 0 N–H and O–H groups in total. The highest BCUT2D eigenvalue weighted by atomic mass is 35.5. The van der Waals surface area contributed by atoms with Crippen molar-refractivity contribution in [1.29, 1.82) is 0 Å². The molecule has 0 aliphatic rings. The Morgan fingerprint density at radius 2 is 1.14 bits per heavy atom. The summed E-state index contributed by atoms with van der Waals surface area (Å²) in [4.78, 5) is 2.04. The zero-order valence-corrected chi connectivity index (χ0v) is 19.4. The van der Waals surface area contributed by atoms with Crippen molar-refractivity contribution < 1.29 is 9.47 Å². The van der Waals surface area contributed by atoms with Crippen molar-refractivity contribution in [2.45, 2.75) is 13.8 Å². The molecule has 0 aliphatic carbocycles. The standard InChI is InChI=1S/C20H12Cl2O2S4/c1-9-15(21)13-17(23-11-5-3-7-25-11)20-14(16(22)10(2)28-20)18(19(13)27-9)24-12-6-4-8-26-12/h3-8H,1-2H3. The third-order valence-corrected chi connectivity index (χ3v) is 9.15. The summed E-state index contributed by atoms with van der Waals surface area (Å²) in [6, 6.07) is 7.84. The van der Waals surface area contributed by atoms with Crippen molar-refractivity contribution >= 4 is 88.7 Å². The van der Waals surface area contributed by atoms with Crippen LogP contribution in [0.5, 0.6) is 21.6 Å². The van der Waals surface area contributed by atoms with Crippen LogP contribution >= 0.6 is 68.5 Å². The second-order valence-electron chi connectivity index (χ2n) is 6.08. The number of ether oxygens (including phenoxy) is 2. The first-order chi connectivity index (χ1) is 13.5. The molecule has 0 bridgehead atoms. The van der Waals surface area contributed by atoms with Gasteiger partial charge in [0.1, 0.15) is 0 Å². The predicted octanol–water partition coefficient (Wildman–Crippen LogP) is 9.75. The van der Waals surface area contributed by atoms with Crippen LogP contribution in [0.1, 0.15) is 9.75 Å². The molecule has 8 heteroatoms. The minimum absolute atomic E-state index is 0.701. The van der Waals surface area contributed by atoms with E-state index in [1.165, 1.54) is 0 Å². The molecule has 0 saturated heterocycles. The number of hydrogen-bond acceptors (Lipinski definition) is 6. The van der Waals surface area contributed by atoms with Crippen molar-refractivity contribution in [2.24, 2.45) is 0 Å². The van der Waals surface area contributed by atoms with E-state index in [0.717, 1.165) is 51.6 Å². The van der Waals surface area contributed by atoms with Gasteiger partial charge in [-0.2, -0.15) is 0 Å². The van der Waals surface area contributed by atoms with Crippen LogP contribution in [0.15, 0.2) is 35.0 Å². The molecule has 0 unspecified atom stereocenters. The van der Waals surface area contributed by atoms with Gasteiger partial charge < -0.3 is 9.47 Å². The molecule has 0 fully saturated rings. The van der Waals surface area contributed by atoms with E-state index in [0.29, 0.717) is 10.0 Å². The van der Waals surface area contributed by atoms with Gasteiger partial charge in [0.15, 0.2) is 21.6 Å². The second-order valence-corrected chi connectivity index (χ2v) is 11.1.